The summed E-state index contributed by atoms with van der Waals surface area (Å²) in [5.41, 5.74) is 0. The van der Waals surface area contributed by atoms with Gasteiger partial charge in [-0.2, -0.15) is 0 Å². The first-order chi connectivity index (χ1) is 9.74. The molecule has 0 aromatic heterocycles. The summed E-state index contributed by atoms with van der Waals surface area (Å²) in [5.74, 6) is 0.355. The number of likely N-dealkylation sites (tertiary alicyclic amines) is 1. The summed E-state index contributed by atoms with van der Waals surface area (Å²) in [7, 11) is 2.28. The van der Waals surface area contributed by atoms with Crippen molar-refractivity contribution in [2.24, 2.45) is 0 Å². The predicted molar refractivity (Wildman–Crippen MR) is 80.6 cm³/mol. The first-order valence-corrected chi connectivity index (χ1v) is 8.47. The summed E-state index contributed by atoms with van der Waals surface area (Å²) in [4.78, 5) is 16.7. The fourth-order valence-corrected chi connectivity index (χ4v) is 4.26. The molecule has 0 aromatic rings. The second kappa shape index (κ2) is 6.44. The first kappa shape index (κ1) is 14.3. The number of hydrogen-bond acceptors (Lipinski definition) is 3. The lowest BCUT2D eigenvalue weighted by atomic mass is 9.98. The van der Waals surface area contributed by atoms with Gasteiger partial charge in [-0.05, 0) is 52.0 Å². The van der Waals surface area contributed by atoms with Crippen LogP contribution < -0.4 is 5.32 Å². The van der Waals surface area contributed by atoms with Crippen molar-refractivity contribution in [2.45, 2.75) is 69.5 Å². The third kappa shape index (κ3) is 3.17. The van der Waals surface area contributed by atoms with E-state index in [1.165, 1.54) is 44.9 Å². The van der Waals surface area contributed by atoms with Crippen molar-refractivity contribution < 1.29 is 4.79 Å². The second-order valence-corrected chi connectivity index (χ2v) is 6.86. The summed E-state index contributed by atoms with van der Waals surface area (Å²) < 4.78 is 0. The molecule has 4 nitrogen and oxygen atoms in total. The number of nitrogens with zero attached hydrogens (tertiary/aromatic N) is 2. The van der Waals surface area contributed by atoms with E-state index in [0.717, 1.165) is 31.7 Å². The van der Waals surface area contributed by atoms with E-state index in [-0.39, 0.29) is 0 Å². The molecule has 2 atom stereocenters. The highest BCUT2D eigenvalue weighted by molar-refractivity contribution is 5.76. The van der Waals surface area contributed by atoms with Gasteiger partial charge in [0.1, 0.15) is 0 Å². The van der Waals surface area contributed by atoms with Crippen LogP contribution in [0.4, 0.5) is 0 Å². The molecule has 0 radical (unpaired) electrons. The fourth-order valence-electron chi connectivity index (χ4n) is 4.26. The molecular weight excluding hydrogens is 250 g/mol. The number of carbonyl (C=O) groups is 1. The molecule has 3 aliphatic heterocycles. The largest absolute Gasteiger partial charge is 0.343 e. The van der Waals surface area contributed by atoms with Crippen LogP contribution in [0.25, 0.3) is 0 Å². The molecule has 0 saturated carbocycles. The van der Waals surface area contributed by atoms with Gasteiger partial charge < -0.3 is 15.1 Å². The van der Waals surface area contributed by atoms with E-state index >= 15 is 0 Å². The van der Waals surface area contributed by atoms with Crippen LogP contribution in [0.1, 0.15) is 51.4 Å². The van der Waals surface area contributed by atoms with Gasteiger partial charge in [-0.1, -0.05) is 0 Å². The normalized spacial score (nSPS) is 34.5. The van der Waals surface area contributed by atoms with Gasteiger partial charge in [0.15, 0.2) is 0 Å². The van der Waals surface area contributed by atoms with Gasteiger partial charge in [-0.15, -0.1) is 0 Å². The molecule has 1 amide bonds. The van der Waals surface area contributed by atoms with Crippen LogP contribution >= 0.6 is 0 Å². The van der Waals surface area contributed by atoms with Crippen LogP contribution in [-0.4, -0.2) is 60.5 Å². The van der Waals surface area contributed by atoms with E-state index in [1.54, 1.807) is 0 Å². The van der Waals surface area contributed by atoms with Crippen molar-refractivity contribution in [3.05, 3.63) is 0 Å². The highest BCUT2D eigenvalue weighted by Gasteiger charge is 2.38. The minimum Gasteiger partial charge on any atom is -0.343 e. The lowest BCUT2D eigenvalue weighted by molar-refractivity contribution is -0.132. The summed E-state index contributed by atoms with van der Waals surface area (Å²) in [6.45, 7) is 2.83. The van der Waals surface area contributed by atoms with Crippen molar-refractivity contribution in [3.8, 4) is 0 Å². The van der Waals surface area contributed by atoms with E-state index in [2.05, 4.69) is 22.2 Å². The number of hydrogen-bond donors (Lipinski definition) is 1. The average Bonchev–Trinajstić information content (AvgIpc) is 2.70. The minimum atomic E-state index is 0.355. The summed E-state index contributed by atoms with van der Waals surface area (Å²) >= 11 is 0. The van der Waals surface area contributed by atoms with E-state index in [0.29, 0.717) is 18.4 Å². The van der Waals surface area contributed by atoms with Crippen LogP contribution in [0.15, 0.2) is 0 Å². The molecule has 3 aliphatic rings. The molecule has 0 aromatic carbocycles. The number of rotatable bonds is 4. The van der Waals surface area contributed by atoms with Crippen molar-refractivity contribution in [1.82, 2.24) is 15.1 Å². The van der Waals surface area contributed by atoms with E-state index in [4.69, 9.17) is 0 Å². The predicted octanol–water partition coefficient (Wildman–Crippen LogP) is 1.60. The standard InChI is InChI=1S/C16H29N3O/c1-18-14-5-6-15(18)12-13(11-14)17-8-7-16(20)19-9-3-2-4-10-19/h13-15,17H,2-12H2,1H3. The number of carbonyl (C=O) groups excluding carboxylic acids is 1. The third-order valence-electron chi connectivity index (χ3n) is 5.58. The van der Waals surface area contributed by atoms with Crippen molar-refractivity contribution >= 4 is 5.91 Å². The Hall–Kier alpha value is -0.610. The second-order valence-electron chi connectivity index (χ2n) is 6.86. The van der Waals surface area contributed by atoms with Crippen LogP contribution in [0.2, 0.25) is 0 Å². The maximum atomic E-state index is 12.1. The molecular formula is C16H29N3O. The van der Waals surface area contributed by atoms with E-state index in [9.17, 15) is 4.79 Å². The number of nitrogens with one attached hydrogen (secondary N) is 1. The Labute approximate surface area is 122 Å². The molecule has 114 valence electrons. The average molecular weight is 279 g/mol. The van der Waals surface area contributed by atoms with Gasteiger partial charge in [-0.25, -0.2) is 0 Å². The topological polar surface area (TPSA) is 35.6 Å². The molecule has 0 spiro atoms. The maximum Gasteiger partial charge on any atom is 0.223 e. The van der Waals surface area contributed by atoms with Gasteiger partial charge in [-0.3, -0.25) is 4.79 Å². The molecule has 20 heavy (non-hydrogen) atoms. The molecule has 3 rings (SSSR count). The van der Waals surface area contributed by atoms with Crippen LogP contribution in [0, 0.1) is 0 Å². The lowest BCUT2D eigenvalue weighted by Crippen LogP contribution is -2.48. The van der Waals surface area contributed by atoms with E-state index in [1.807, 2.05) is 0 Å². The highest BCUT2D eigenvalue weighted by Crippen LogP contribution is 2.34. The first-order valence-electron chi connectivity index (χ1n) is 8.47. The number of fused-ring (bicyclic) bond motifs is 2. The summed E-state index contributed by atoms with van der Waals surface area (Å²) in [6.07, 6.45) is 9.63. The SMILES string of the molecule is CN1C2CCC1CC(NCCC(=O)N1CCCCC1)C2. The van der Waals surface area contributed by atoms with Gasteiger partial charge in [0.25, 0.3) is 0 Å². The summed E-state index contributed by atoms with van der Waals surface area (Å²) in [5, 5.41) is 3.64. The van der Waals surface area contributed by atoms with Gasteiger partial charge in [0, 0.05) is 44.2 Å². The fraction of sp³-hybridized carbons (Fsp3) is 0.938. The molecule has 3 saturated heterocycles. The zero-order chi connectivity index (χ0) is 13.9. The van der Waals surface area contributed by atoms with Gasteiger partial charge >= 0.3 is 0 Å². The Bertz CT molecular complexity index is 327. The van der Waals surface area contributed by atoms with Crippen LogP contribution in [-0.2, 0) is 4.79 Å². The molecule has 2 unspecified atom stereocenters. The van der Waals surface area contributed by atoms with Gasteiger partial charge in [0.2, 0.25) is 5.91 Å². The Morgan fingerprint density at radius 2 is 1.75 bits per heavy atom. The Morgan fingerprint density at radius 1 is 1.10 bits per heavy atom. The molecule has 0 aliphatic carbocycles. The Kier molecular flexibility index (Phi) is 4.61. The number of piperidine rings is 2. The lowest BCUT2D eigenvalue weighted by Gasteiger charge is -2.36. The van der Waals surface area contributed by atoms with Crippen LogP contribution in [0.3, 0.4) is 0 Å². The molecule has 3 fully saturated rings. The third-order valence-corrected chi connectivity index (χ3v) is 5.58. The number of amides is 1. The zero-order valence-electron chi connectivity index (χ0n) is 12.8. The smallest absolute Gasteiger partial charge is 0.223 e. The molecule has 2 bridgehead atoms. The van der Waals surface area contributed by atoms with Gasteiger partial charge in [0.05, 0.1) is 0 Å². The molecule has 3 heterocycles. The summed E-state index contributed by atoms with van der Waals surface area (Å²) in [6, 6.07) is 2.20. The Morgan fingerprint density at radius 3 is 2.40 bits per heavy atom. The van der Waals surface area contributed by atoms with E-state index < -0.39 is 0 Å². The van der Waals surface area contributed by atoms with Crippen molar-refractivity contribution in [1.29, 1.82) is 0 Å². The maximum absolute atomic E-state index is 12.1. The Balaban J connectivity index is 1.37. The van der Waals surface area contributed by atoms with Crippen molar-refractivity contribution in [2.75, 3.05) is 26.7 Å². The van der Waals surface area contributed by atoms with Crippen LogP contribution in [0.5, 0.6) is 0 Å². The molecule has 4 heteroatoms. The molecule has 1 N–H and O–H groups in total. The highest BCUT2D eigenvalue weighted by atomic mass is 16.2. The zero-order valence-corrected chi connectivity index (χ0v) is 12.8. The minimum absolute atomic E-state index is 0.355. The quantitative estimate of drug-likeness (QED) is 0.849. The van der Waals surface area contributed by atoms with Crippen molar-refractivity contribution in [3.63, 3.8) is 0 Å². The monoisotopic (exact) mass is 279 g/mol.